The summed E-state index contributed by atoms with van der Waals surface area (Å²) < 4.78 is 29.9. The van der Waals surface area contributed by atoms with E-state index in [9.17, 15) is 8.76 Å². The monoisotopic (exact) mass is 377 g/mol. The first-order valence-electron chi connectivity index (χ1n) is 10.6. The van der Waals surface area contributed by atoms with Crippen LogP contribution in [0.15, 0.2) is 0 Å². The summed E-state index contributed by atoms with van der Waals surface area (Å²) in [7, 11) is 0. The van der Waals surface area contributed by atoms with E-state index in [1.54, 1.807) is 0 Å². The van der Waals surface area contributed by atoms with Gasteiger partial charge < -0.3 is 9.29 Å². The molecule has 0 aromatic rings. The summed E-state index contributed by atoms with van der Waals surface area (Å²) in [5.41, 5.74) is 0. The van der Waals surface area contributed by atoms with E-state index in [1.165, 1.54) is 96.3 Å². The zero-order valence-electron chi connectivity index (χ0n) is 16.5. The Balaban J connectivity index is 2.97. The Hall–Kier alpha value is 0.0300. The van der Waals surface area contributed by atoms with Crippen LogP contribution in [0.5, 0.6) is 0 Å². The molecule has 0 heterocycles. The van der Waals surface area contributed by atoms with E-state index in [0.717, 1.165) is 6.42 Å². The van der Waals surface area contributed by atoms with Crippen LogP contribution in [0, 0.1) is 0 Å². The molecular weight excluding hydrogens is 336 g/mol. The molecule has 0 fully saturated rings. The molecule has 0 aromatic carbocycles. The van der Waals surface area contributed by atoms with Crippen LogP contribution in [0.4, 0.5) is 0 Å². The zero-order valence-corrected chi connectivity index (χ0v) is 17.3. The van der Waals surface area contributed by atoms with E-state index >= 15 is 0 Å². The smallest absolute Gasteiger partial charge is 0.0862 e. The fourth-order valence-electron chi connectivity index (χ4n) is 3.02. The standard InChI is InChI=1S/C20H42O4S/c1-2-3-4-5-6-7-8-9-10-11-12-13-14-15-16-17-18-23-19-20-24-25(21)22/h2-20H2,1H3,(H,21,22)/p-1. The van der Waals surface area contributed by atoms with Gasteiger partial charge in [0.05, 0.1) is 24.6 Å². The zero-order chi connectivity index (χ0) is 18.4. The van der Waals surface area contributed by atoms with Crippen molar-refractivity contribution in [1.82, 2.24) is 0 Å². The van der Waals surface area contributed by atoms with E-state index in [4.69, 9.17) is 4.74 Å². The Morgan fingerprint density at radius 2 is 1.00 bits per heavy atom. The van der Waals surface area contributed by atoms with Gasteiger partial charge in [0.2, 0.25) is 0 Å². The third-order valence-electron chi connectivity index (χ3n) is 4.55. The van der Waals surface area contributed by atoms with Gasteiger partial charge in [-0.05, 0) is 6.42 Å². The lowest BCUT2D eigenvalue weighted by atomic mass is 10.0. The van der Waals surface area contributed by atoms with Crippen molar-refractivity contribution in [3.8, 4) is 0 Å². The van der Waals surface area contributed by atoms with Gasteiger partial charge in [-0.15, -0.1) is 0 Å². The Bertz CT molecular complexity index is 274. The summed E-state index contributed by atoms with van der Waals surface area (Å²) in [5, 5.41) is 0. The van der Waals surface area contributed by atoms with Crippen LogP contribution >= 0.6 is 0 Å². The van der Waals surface area contributed by atoms with Crippen LogP contribution < -0.4 is 0 Å². The highest BCUT2D eigenvalue weighted by Crippen LogP contribution is 2.13. The molecule has 0 bridgehead atoms. The maximum Gasteiger partial charge on any atom is 0.0862 e. The minimum atomic E-state index is -2.41. The van der Waals surface area contributed by atoms with Gasteiger partial charge >= 0.3 is 0 Å². The summed E-state index contributed by atoms with van der Waals surface area (Å²) in [5.74, 6) is 0. The predicted octanol–water partition coefficient (Wildman–Crippen LogP) is 6.08. The van der Waals surface area contributed by atoms with Crippen molar-refractivity contribution in [3.05, 3.63) is 0 Å². The Morgan fingerprint density at radius 3 is 1.40 bits per heavy atom. The lowest BCUT2D eigenvalue weighted by Crippen LogP contribution is -2.06. The van der Waals surface area contributed by atoms with E-state index in [-0.39, 0.29) is 6.61 Å². The van der Waals surface area contributed by atoms with Gasteiger partial charge in [-0.3, -0.25) is 4.18 Å². The van der Waals surface area contributed by atoms with Crippen molar-refractivity contribution in [2.45, 2.75) is 110 Å². The van der Waals surface area contributed by atoms with Crippen LogP contribution in [0.2, 0.25) is 0 Å². The maximum atomic E-state index is 10.1. The second-order valence-electron chi connectivity index (χ2n) is 6.94. The van der Waals surface area contributed by atoms with Gasteiger partial charge in [0, 0.05) is 6.61 Å². The largest absolute Gasteiger partial charge is 0.750 e. The SMILES string of the molecule is CCCCCCCCCCCCCCCCCCOCCOS(=O)[O-]. The number of hydrogen-bond donors (Lipinski definition) is 0. The molecule has 0 aromatic heterocycles. The number of rotatable bonds is 21. The molecule has 0 aliphatic carbocycles. The molecule has 0 saturated heterocycles. The van der Waals surface area contributed by atoms with Gasteiger partial charge in [-0.25, -0.2) is 4.21 Å². The van der Waals surface area contributed by atoms with Crippen molar-refractivity contribution < 1.29 is 17.7 Å². The number of ether oxygens (including phenoxy) is 1. The molecule has 0 N–H and O–H groups in total. The average molecular weight is 378 g/mol. The van der Waals surface area contributed by atoms with Crippen LogP contribution in [0.1, 0.15) is 110 Å². The lowest BCUT2D eigenvalue weighted by Gasteiger charge is -2.06. The first-order valence-corrected chi connectivity index (χ1v) is 11.6. The van der Waals surface area contributed by atoms with E-state index in [1.807, 2.05) is 0 Å². The van der Waals surface area contributed by atoms with Crippen LogP contribution in [0.3, 0.4) is 0 Å². The maximum absolute atomic E-state index is 10.1. The summed E-state index contributed by atoms with van der Waals surface area (Å²) in [4.78, 5) is 0. The highest BCUT2D eigenvalue weighted by atomic mass is 32.2. The molecule has 0 amide bonds. The summed E-state index contributed by atoms with van der Waals surface area (Å²) in [6, 6.07) is 0. The average Bonchev–Trinajstić information content (AvgIpc) is 2.60. The minimum Gasteiger partial charge on any atom is -0.750 e. The van der Waals surface area contributed by atoms with Gasteiger partial charge in [-0.1, -0.05) is 103 Å². The van der Waals surface area contributed by atoms with E-state index < -0.39 is 11.4 Å². The molecule has 4 nitrogen and oxygen atoms in total. The van der Waals surface area contributed by atoms with Crippen molar-refractivity contribution >= 4 is 11.4 Å². The Kier molecular flexibility index (Phi) is 22.1. The second kappa shape index (κ2) is 22.1. The fraction of sp³-hybridized carbons (Fsp3) is 1.00. The van der Waals surface area contributed by atoms with Crippen LogP contribution in [-0.2, 0) is 20.3 Å². The van der Waals surface area contributed by atoms with E-state index in [0.29, 0.717) is 13.2 Å². The van der Waals surface area contributed by atoms with Gasteiger partial charge in [0.15, 0.2) is 0 Å². The normalized spacial score (nSPS) is 12.6. The molecule has 1 atom stereocenters. The van der Waals surface area contributed by atoms with Crippen molar-refractivity contribution in [3.63, 3.8) is 0 Å². The highest BCUT2D eigenvalue weighted by Gasteiger charge is 1.95. The summed E-state index contributed by atoms with van der Waals surface area (Å²) in [6.07, 6.45) is 21.8. The molecular formula is C20H41O4S-. The first-order chi connectivity index (χ1) is 12.3. The van der Waals surface area contributed by atoms with Crippen molar-refractivity contribution in [2.24, 2.45) is 0 Å². The fourth-order valence-corrected chi connectivity index (χ4v) is 3.22. The molecule has 0 radical (unpaired) electrons. The summed E-state index contributed by atoms with van der Waals surface area (Å²) >= 11 is -2.41. The van der Waals surface area contributed by atoms with Crippen LogP contribution in [0.25, 0.3) is 0 Å². The molecule has 1 unspecified atom stereocenters. The molecule has 0 aliphatic heterocycles. The Labute approximate surface area is 158 Å². The van der Waals surface area contributed by atoms with E-state index in [2.05, 4.69) is 11.1 Å². The third kappa shape index (κ3) is 24.0. The van der Waals surface area contributed by atoms with Crippen molar-refractivity contribution in [2.75, 3.05) is 19.8 Å². The van der Waals surface area contributed by atoms with Gasteiger partial charge in [-0.2, -0.15) is 0 Å². The highest BCUT2D eigenvalue weighted by molar-refractivity contribution is 7.74. The molecule has 25 heavy (non-hydrogen) atoms. The lowest BCUT2D eigenvalue weighted by molar-refractivity contribution is 0.0978. The molecule has 5 heteroatoms. The van der Waals surface area contributed by atoms with Crippen LogP contribution in [-0.4, -0.2) is 28.6 Å². The molecule has 0 aliphatic rings. The molecule has 0 rings (SSSR count). The minimum absolute atomic E-state index is 0.120. The predicted molar refractivity (Wildman–Crippen MR) is 105 cm³/mol. The second-order valence-corrected chi connectivity index (χ2v) is 7.59. The third-order valence-corrected chi connectivity index (χ3v) is 4.91. The number of unbranched alkanes of at least 4 members (excludes halogenated alkanes) is 15. The number of hydrogen-bond acceptors (Lipinski definition) is 4. The summed E-state index contributed by atoms with van der Waals surface area (Å²) in [6.45, 7) is 3.45. The quantitative estimate of drug-likeness (QED) is 0.180. The van der Waals surface area contributed by atoms with Gasteiger partial charge in [0.1, 0.15) is 0 Å². The molecule has 0 spiro atoms. The molecule has 0 saturated carbocycles. The molecule has 152 valence electrons. The first kappa shape index (κ1) is 25.0. The topological polar surface area (TPSA) is 58.6 Å². The van der Waals surface area contributed by atoms with Gasteiger partial charge in [0.25, 0.3) is 0 Å². The Morgan fingerprint density at radius 1 is 0.600 bits per heavy atom. The van der Waals surface area contributed by atoms with Crippen molar-refractivity contribution in [1.29, 1.82) is 0 Å².